The van der Waals surface area contributed by atoms with Crippen molar-refractivity contribution in [2.45, 2.75) is 56.8 Å². The topological polar surface area (TPSA) is 108 Å². The van der Waals surface area contributed by atoms with Crippen LogP contribution in [0.1, 0.15) is 37.7 Å². The fraction of sp³-hybridized carbons (Fsp3) is 0.517. The molecule has 2 N–H and O–H groups in total. The van der Waals surface area contributed by atoms with E-state index < -0.39 is 18.1 Å². The first-order chi connectivity index (χ1) is 18.9. The molecule has 0 saturated carbocycles. The Morgan fingerprint density at radius 1 is 1.18 bits per heavy atom. The molecule has 2 aliphatic rings. The molecule has 0 bridgehead atoms. The molecule has 2 fully saturated rings. The van der Waals surface area contributed by atoms with Gasteiger partial charge in [0.2, 0.25) is 17.7 Å². The molecule has 3 atom stereocenters. The summed E-state index contributed by atoms with van der Waals surface area (Å²) in [6.07, 6.45) is 5.05. The molecule has 2 aromatic rings. The third-order valence-electron chi connectivity index (χ3n) is 7.50. The third kappa shape index (κ3) is 7.51. The molecule has 39 heavy (non-hydrogen) atoms. The fourth-order valence-corrected chi connectivity index (χ4v) is 6.01. The van der Waals surface area contributed by atoms with Crippen LogP contribution in [0.25, 0.3) is 10.8 Å². The second-order valence-electron chi connectivity index (χ2n) is 10.2. The summed E-state index contributed by atoms with van der Waals surface area (Å²) in [5.74, 6) is -0.119. The van der Waals surface area contributed by atoms with Crippen LogP contribution in [0.5, 0.6) is 0 Å². The monoisotopic (exact) mass is 554 g/mol. The van der Waals surface area contributed by atoms with Crippen LogP contribution >= 0.6 is 11.8 Å². The number of carbonyl (C=O) groups excluding carboxylic acids is 4. The van der Waals surface area contributed by atoms with Gasteiger partial charge in [-0.15, -0.1) is 0 Å². The lowest BCUT2D eigenvalue weighted by Gasteiger charge is -2.32. The number of likely N-dealkylation sites (tertiary alicyclic amines) is 1. The van der Waals surface area contributed by atoms with Gasteiger partial charge in [0, 0.05) is 32.1 Å². The number of methoxy groups -OCH3 is 1. The fourth-order valence-electron chi connectivity index (χ4n) is 5.54. The molecule has 2 saturated heterocycles. The molecule has 1 unspecified atom stereocenters. The maximum atomic E-state index is 13.3. The van der Waals surface area contributed by atoms with E-state index in [1.54, 1.807) is 11.8 Å². The van der Waals surface area contributed by atoms with Crippen molar-refractivity contribution >= 4 is 46.2 Å². The second-order valence-corrected chi connectivity index (χ2v) is 11.2. The van der Waals surface area contributed by atoms with E-state index in [4.69, 9.17) is 4.74 Å². The average molecular weight is 555 g/mol. The molecule has 2 heterocycles. The third-order valence-corrected chi connectivity index (χ3v) is 8.14. The molecular weight excluding hydrogens is 516 g/mol. The van der Waals surface area contributed by atoms with E-state index in [2.05, 4.69) is 39.8 Å². The first kappa shape index (κ1) is 28.9. The molecule has 0 radical (unpaired) electrons. The largest absolute Gasteiger partial charge is 0.467 e. The highest BCUT2D eigenvalue weighted by molar-refractivity contribution is 7.98. The summed E-state index contributed by atoms with van der Waals surface area (Å²) in [7, 11) is 1.33. The van der Waals surface area contributed by atoms with Crippen molar-refractivity contribution in [1.82, 2.24) is 20.4 Å². The number of hydrogen-bond acceptors (Lipinski definition) is 7. The lowest BCUT2D eigenvalue weighted by Crippen LogP contribution is -2.51. The van der Waals surface area contributed by atoms with Gasteiger partial charge in [-0.1, -0.05) is 42.5 Å². The number of amides is 3. The molecule has 9 nitrogen and oxygen atoms in total. The quantitative estimate of drug-likeness (QED) is 0.388. The summed E-state index contributed by atoms with van der Waals surface area (Å²) in [6, 6.07) is 13.1. The highest BCUT2D eigenvalue weighted by atomic mass is 32.2. The molecule has 4 rings (SSSR count). The highest BCUT2D eigenvalue weighted by Crippen LogP contribution is 2.24. The SMILES string of the molecule is COC(=O)C(CCSC)NC(=O)CN(Cc1cccc2ccccc12)C[C@@H]1CCCN1C(=O)[C@@H]1CCC(=O)N1. The van der Waals surface area contributed by atoms with Crippen LogP contribution in [-0.2, 0) is 30.5 Å². The van der Waals surface area contributed by atoms with Gasteiger partial charge in [0.15, 0.2) is 0 Å². The lowest BCUT2D eigenvalue weighted by atomic mass is 10.0. The van der Waals surface area contributed by atoms with Gasteiger partial charge in [-0.3, -0.25) is 19.3 Å². The Morgan fingerprint density at radius 3 is 2.72 bits per heavy atom. The zero-order chi connectivity index (χ0) is 27.8. The molecule has 0 aliphatic carbocycles. The normalized spacial score (nSPS) is 19.8. The number of benzene rings is 2. The van der Waals surface area contributed by atoms with Gasteiger partial charge in [-0.25, -0.2) is 4.79 Å². The molecule has 0 aromatic heterocycles. The zero-order valence-corrected chi connectivity index (χ0v) is 23.5. The Hall–Kier alpha value is -3.11. The molecule has 2 aliphatic heterocycles. The van der Waals surface area contributed by atoms with Crippen LogP contribution in [0.4, 0.5) is 0 Å². The number of rotatable bonds is 12. The first-order valence-corrected chi connectivity index (χ1v) is 14.9. The van der Waals surface area contributed by atoms with Crippen LogP contribution in [-0.4, -0.2) is 90.4 Å². The number of nitrogens with one attached hydrogen (secondary N) is 2. The summed E-state index contributed by atoms with van der Waals surface area (Å²) in [5.41, 5.74) is 1.09. The van der Waals surface area contributed by atoms with Crippen molar-refractivity contribution in [3.8, 4) is 0 Å². The summed E-state index contributed by atoms with van der Waals surface area (Å²) in [4.78, 5) is 54.4. The summed E-state index contributed by atoms with van der Waals surface area (Å²) in [5, 5.41) is 7.90. The zero-order valence-electron chi connectivity index (χ0n) is 22.7. The minimum absolute atomic E-state index is 0.0410. The molecule has 2 aromatic carbocycles. The van der Waals surface area contributed by atoms with Crippen molar-refractivity contribution < 1.29 is 23.9 Å². The maximum absolute atomic E-state index is 13.3. The number of esters is 1. The van der Waals surface area contributed by atoms with Crippen molar-refractivity contribution in [3.63, 3.8) is 0 Å². The van der Waals surface area contributed by atoms with Gasteiger partial charge >= 0.3 is 5.97 Å². The Balaban J connectivity index is 1.52. The van der Waals surface area contributed by atoms with Crippen LogP contribution in [0.15, 0.2) is 42.5 Å². The number of carbonyl (C=O) groups is 4. The number of thioether (sulfide) groups is 1. The number of hydrogen-bond donors (Lipinski definition) is 2. The maximum Gasteiger partial charge on any atom is 0.328 e. The Labute approximate surface area is 234 Å². The first-order valence-electron chi connectivity index (χ1n) is 13.5. The predicted molar refractivity (Wildman–Crippen MR) is 152 cm³/mol. The standard InChI is InChI=1S/C29H38N4O5S/c1-38-29(37)25(14-16-39-2)31-27(35)19-32(17-21-9-5-8-20-7-3-4-11-23(20)21)18-22-10-6-15-33(22)28(36)24-12-13-26(34)30-24/h3-5,7-9,11,22,24-25H,6,10,12-19H2,1-2H3,(H,30,34)(H,31,35)/t22-,24-,25?/m0/s1. The van der Waals surface area contributed by atoms with Gasteiger partial charge in [-0.2, -0.15) is 11.8 Å². The van der Waals surface area contributed by atoms with Gasteiger partial charge in [0.1, 0.15) is 12.1 Å². The number of fused-ring (bicyclic) bond motifs is 1. The van der Waals surface area contributed by atoms with Crippen LogP contribution < -0.4 is 10.6 Å². The number of ether oxygens (including phenoxy) is 1. The Morgan fingerprint density at radius 2 is 1.97 bits per heavy atom. The summed E-state index contributed by atoms with van der Waals surface area (Å²) in [6.45, 7) is 1.75. The minimum Gasteiger partial charge on any atom is -0.467 e. The highest BCUT2D eigenvalue weighted by Gasteiger charge is 2.37. The van der Waals surface area contributed by atoms with Crippen LogP contribution in [0.2, 0.25) is 0 Å². The Kier molecular flexibility index (Phi) is 10.2. The summed E-state index contributed by atoms with van der Waals surface area (Å²) >= 11 is 1.60. The van der Waals surface area contributed by atoms with Gasteiger partial charge in [0.05, 0.1) is 13.7 Å². The lowest BCUT2D eigenvalue weighted by molar-refractivity contribution is -0.145. The van der Waals surface area contributed by atoms with Crippen molar-refractivity contribution in [2.24, 2.45) is 0 Å². The molecule has 10 heteroatoms. The van der Waals surface area contributed by atoms with Gasteiger partial charge < -0.3 is 20.3 Å². The smallest absolute Gasteiger partial charge is 0.328 e. The van der Waals surface area contributed by atoms with E-state index in [1.807, 2.05) is 29.4 Å². The van der Waals surface area contributed by atoms with E-state index in [0.29, 0.717) is 38.9 Å². The molecular formula is C29H38N4O5S. The molecule has 3 amide bonds. The summed E-state index contributed by atoms with van der Waals surface area (Å²) < 4.78 is 4.91. The molecule has 210 valence electrons. The van der Waals surface area contributed by atoms with E-state index in [9.17, 15) is 19.2 Å². The second kappa shape index (κ2) is 13.8. The van der Waals surface area contributed by atoms with E-state index >= 15 is 0 Å². The predicted octanol–water partition coefficient (Wildman–Crippen LogP) is 2.32. The van der Waals surface area contributed by atoms with Crippen molar-refractivity contribution in [3.05, 3.63) is 48.0 Å². The van der Waals surface area contributed by atoms with E-state index in [0.717, 1.165) is 34.9 Å². The van der Waals surface area contributed by atoms with E-state index in [-0.39, 0.29) is 30.3 Å². The molecule has 0 spiro atoms. The number of nitrogens with zero attached hydrogens (tertiary/aromatic N) is 2. The van der Waals surface area contributed by atoms with E-state index in [1.165, 1.54) is 7.11 Å². The van der Waals surface area contributed by atoms with Crippen molar-refractivity contribution in [2.75, 3.05) is 38.8 Å². The van der Waals surface area contributed by atoms with Crippen LogP contribution in [0, 0.1) is 0 Å². The van der Waals surface area contributed by atoms with Gasteiger partial charge in [-0.05, 0) is 54.0 Å². The van der Waals surface area contributed by atoms with Crippen LogP contribution in [0.3, 0.4) is 0 Å². The van der Waals surface area contributed by atoms with Gasteiger partial charge in [0.25, 0.3) is 0 Å². The van der Waals surface area contributed by atoms with Crippen molar-refractivity contribution in [1.29, 1.82) is 0 Å². The Bertz CT molecular complexity index is 1190. The average Bonchev–Trinajstić information content (AvgIpc) is 3.59. The minimum atomic E-state index is -0.704.